The second-order valence-electron chi connectivity index (χ2n) is 4.28. The van der Waals surface area contributed by atoms with Gasteiger partial charge in [-0.2, -0.15) is 0 Å². The fourth-order valence-electron chi connectivity index (χ4n) is 1.98. The number of thiophene rings is 1. The molecule has 0 aromatic carbocycles. The molecule has 1 saturated heterocycles. The fourth-order valence-corrected chi connectivity index (χ4v) is 5.27. The van der Waals surface area contributed by atoms with E-state index in [-0.39, 0.29) is 6.04 Å². The van der Waals surface area contributed by atoms with E-state index < -0.39 is 10.0 Å². The first kappa shape index (κ1) is 13.5. The minimum atomic E-state index is -3.35. The molecule has 0 saturated carbocycles. The van der Waals surface area contributed by atoms with Crippen LogP contribution in [0.5, 0.6) is 0 Å². The molecule has 1 atom stereocenters. The number of hydrogen-bond donors (Lipinski definition) is 1. The number of rotatable bonds is 3. The molecule has 17 heavy (non-hydrogen) atoms. The van der Waals surface area contributed by atoms with E-state index in [1.165, 1.54) is 11.3 Å². The Morgan fingerprint density at radius 2 is 2.29 bits per heavy atom. The zero-order chi connectivity index (χ0) is 12.5. The predicted molar refractivity (Wildman–Crippen MR) is 72.9 cm³/mol. The average Bonchev–Trinajstić information content (AvgIpc) is 2.65. The number of nitrogens with one attached hydrogen (secondary N) is 1. The maximum atomic E-state index is 12.1. The molecule has 4 nitrogen and oxygen atoms in total. The van der Waals surface area contributed by atoms with Gasteiger partial charge in [0.2, 0.25) is 10.0 Å². The molecular formula is C10H15BrN2O2S2. The molecule has 0 radical (unpaired) electrons. The van der Waals surface area contributed by atoms with Crippen molar-refractivity contribution in [1.29, 1.82) is 0 Å². The summed E-state index contributed by atoms with van der Waals surface area (Å²) in [6.45, 7) is 1.83. The van der Waals surface area contributed by atoms with Crippen LogP contribution in [0.4, 0.5) is 0 Å². The highest BCUT2D eigenvalue weighted by Gasteiger charge is 2.24. The number of likely N-dealkylation sites (N-methyl/N-ethyl adjacent to an activating group) is 1. The molecule has 0 amide bonds. The number of sulfonamides is 1. The van der Waals surface area contributed by atoms with Gasteiger partial charge in [-0.15, -0.1) is 11.3 Å². The van der Waals surface area contributed by atoms with E-state index in [9.17, 15) is 8.42 Å². The quantitative estimate of drug-likeness (QED) is 0.915. The lowest BCUT2D eigenvalue weighted by Gasteiger charge is -2.29. The van der Waals surface area contributed by atoms with Crippen molar-refractivity contribution in [2.24, 2.45) is 0 Å². The van der Waals surface area contributed by atoms with E-state index in [2.05, 4.69) is 25.6 Å². The standard InChI is InChI=1S/C10H15BrN2O2S2/c1-13-6-2-3-8(7-13)12-17(14,15)10-5-4-9(11)16-10/h4-5,8,12H,2-3,6-7H2,1H3. The monoisotopic (exact) mass is 338 g/mol. The second kappa shape index (κ2) is 5.36. The smallest absolute Gasteiger partial charge is 0.250 e. The van der Waals surface area contributed by atoms with Gasteiger partial charge in [0.25, 0.3) is 0 Å². The molecule has 96 valence electrons. The Kier molecular flexibility index (Phi) is 4.25. The summed E-state index contributed by atoms with van der Waals surface area (Å²) in [5.74, 6) is 0. The minimum Gasteiger partial charge on any atom is -0.305 e. The molecule has 2 heterocycles. The number of hydrogen-bond acceptors (Lipinski definition) is 4. The zero-order valence-electron chi connectivity index (χ0n) is 9.52. The predicted octanol–water partition coefficient (Wildman–Crippen LogP) is 1.88. The van der Waals surface area contributed by atoms with Crippen LogP contribution in [0.3, 0.4) is 0 Å². The first-order chi connectivity index (χ1) is 7.97. The Morgan fingerprint density at radius 3 is 2.88 bits per heavy atom. The highest BCUT2D eigenvalue weighted by molar-refractivity contribution is 9.11. The molecule has 1 N–H and O–H groups in total. The largest absolute Gasteiger partial charge is 0.305 e. The molecule has 0 bridgehead atoms. The van der Waals surface area contributed by atoms with Gasteiger partial charge in [-0.05, 0) is 54.5 Å². The van der Waals surface area contributed by atoms with Crippen molar-refractivity contribution in [3.05, 3.63) is 15.9 Å². The van der Waals surface area contributed by atoms with Crippen molar-refractivity contribution in [2.75, 3.05) is 20.1 Å². The summed E-state index contributed by atoms with van der Waals surface area (Å²) < 4.78 is 28.1. The van der Waals surface area contributed by atoms with Gasteiger partial charge in [0.15, 0.2) is 0 Å². The summed E-state index contributed by atoms with van der Waals surface area (Å²) in [6.07, 6.45) is 1.95. The van der Waals surface area contributed by atoms with Crippen molar-refractivity contribution in [3.63, 3.8) is 0 Å². The molecule has 0 spiro atoms. The van der Waals surface area contributed by atoms with Gasteiger partial charge in [0, 0.05) is 12.6 Å². The Bertz CT molecular complexity index is 486. The third kappa shape index (κ3) is 3.51. The molecule has 7 heteroatoms. The number of nitrogens with zero attached hydrogens (tertiary/aromatic N) is 1. The third-order valence-electron chi connectivity index (χ3n) is 2.76. The van der Waals surface area contributed by atoms with Crippen LogP contribution < -0.4 is 4.72 Å². The van der Waals surface area contributed by atoms with Crippen LogP contribution in [0.15, 0.2) is 20.1 Å². The fraction of sp³-hybridized carbons (Fsp3) is 0.600. The van der Waals surface area contributed by atoms with Crippen LogP contribution in [0.2, 0.25) is 0 Å². The molecule has 1 fully saturated rings. The summed E-state index contributed by atoms with van der Waals surface area (Å²) in [6, 6.07) is 3.41. The van der Waals surface area contributed by atoms with Crippen molar-refractivity contribution in [3.8, 4) is 0 Å². The van der Waals surface area contributed by atoms with Gasteiger partial charge in [-0.25, -0.2) is 13.1 Å². The second-order valence-corrected chi connectivity index (χ2v) is 8.69. The highest BCUT2D eigenvalue weighted by atomic mass is 79.9. The van der Waals surface area contributed by atoms with Crippen LogP contribution in [0.25, 0.3) is 0 Å². The topological polar surface area (TPSA) is 49.4 Å². The summed E-state index contributed by atoms with van der Waals surface area (Å²) in [5.41, 5.74) is 0. The average molecular weight is 339 g/mol. The molecule has 1 aromatic rings. The van der Waals surface area contributed by atoms with Crippen molar-refractivity contribution in [2.45, 2.75) is 23.1 Å². The molecule has 1 aliphatic heterocycles. The Hall–Kier alpha value is 0.0500. The zero-order valence-corrected chi connectivity index (χ0v) is 12.7. The van der Waals surface area contributed by atoms with Crippen molar-refractivity contribution >= 4 is 37.3 Å². The van der Waals surface area contributed by atoms with Crippen LogP contribution in [-0.2, 0) is 10.0 Å². The molecule has 1 aliphatic rings. The van der Waals surface area contributed by atoms with Gasteiger partial charge in [-0.3, -0.25) is 0 Å². The lowest BCUT2D eigenvalue weighted by Crippen LogP contribution is -2.46. The van der Waals surface area contributed by atoms with Gasteiger partial charge in [0.1, 0.15) is 4.21 Å². The van der Waals surface area contributed by atoms with E-state index in [0.717, 1.165) is 29.7 Å². The Morgan fingerprint density at radius 1 is 1.53 bits per heavy atom. The number of halogens is 1. The first-order valence-corrected chi connectivity index (χ1v) is 8.53. The molecule has 1 unspecified atom stereocenters. The van der Waals surface area contributed by atoms with Crippen LogP contribution in [0.1, 0.15) is 12.8 Å². The number of likely N-dealkylation sites (tertiary alicyclic amines) is 1. The van der Waals surface area contributed by atoms with Crippen molar-refractivity contribution < 1.29 is 8.42 Å². The summed E-state index contributed by atoms with van der Waals surface area (Å²) in [4.78, 5) is 2.15. The van der Waals surface area contributed by atoms with Crippen LogP contribution >= 0.6 is 27.3 Å². The Labute approximate surface area is 114 Å². The SMILES string of the molecule is CN1CCCC(NS(=O)(=O)c2ccc(Br)s2)C1. The Balaban J connectivity index is 2.07. The maximum Gasteiger partial charge on any atom is 0.250 e. The molecule has 1 aromatic heterocycles. The minimum absolute atomic E-state index is 0.0274. The summed E-state index contributed by atoms with van der Waals surface area (Å²) in [7, 11) is -1.33. The van der Waals surface area contributed by atoms with E-state index in [4.69, 9.17) is 0 Å². The number of piperidine rings is 1. The van der Waals surface area contributed by atoms with Crippen LogP contribution in [0, 0.1) is 0 Å². The first-order valence-electron chi connectivity index (χ1n) is 5.43. The molecule has 2 rings (SSSR count). The summed E-state index contributed by atoms with van der Waals surface area (Å²) >= 11 is 4.51. The summed E-state index contributed by atoms with van der Waals surface area (Å²) in [5, 5.41) is 0. The lowest BCUT2D eigenvalue weighted by atomic mass is 10.1. The van der Waals surface area contributed by atoms with E-state index in [1.54, 1.807) is 12.1 Å². The van der Waals surface area contributed by atoms with Gasteiger partial charge in [0.05, 0.1) is 3.79 Å². The van der Waals surface area contributed by atoms with E-state index in [1.807, 2.05) is 7.05 Å². The van der Waals surface area contributed by atoms with E-state index in [0.29, 0.717) is 4.21 Å². The van der Waals surface area contributed by atoms with Crippen LogP contribution in [-0.4, -0.2) is 39.5 Å². The lowest BCUT2D eigenvalue weighted by molar-refractivity contribution is 0.242. The molecular weight excluding hydrogens is 324 g/mol. The third-order valence-corrected chi connectivity index (χ3v) is 6.40. The highest BCUT2D eigenvalue weighted by Crippen LogP contribution is 2.26. The molecule has 0 aliphatic carbocycles. The maximum absolute atomic E-state index is 12.1. The van der Waals surface area contributed by atoms with Crippen molar-refractivity contribution in [1.82, 2.24) is 9.62 Å². The normalized spacial score (nSPS) is 22.8. The van der Waals surface area contributed by atoms with Gasteiger partial charge >= 0.3 is 0 Å². The van der Waals surface area contributed by atoms with Gasteiger partial charge < -0.3 is 4.90 Å². The van der Waals surface area contributed by atoms with E-state index >= 15 is 0 Å². The van der Waals surface area contributed by atoms with Gasteiger partial charge in [-0.1, -0.05) is 0 Å².